The molecular weight excluding hydrogens is 380 g/mol. The molecule has 0 aliphatic heterocycles. The first-order valence-electron chi connectivity index (χ1n) is 10.1. The average Bonchev–Trinajstić information content (AvgIpc) is 2.66. The van der Waals surface area contributed by atoms with Gasteiger partial charge in [-0.3, -0.25) is 9.59 Å². The maximum absolute atomic E-state index is 13.2. The van der Waals surface area contributed by atoms with E-state index in [0.717, 1.165) is 16.0 Å². The van der Waals surface area contributed by atoms with Gasteiger partial charge in [0.25, 0.3) is 0 Å². The molecule has 2 rings (SSSR count). The van der Waals surface area contributed by atoms with Crippen LogP contribution in [0.15, 0.2) is 53.4 Å². The van der Waals surface area contributed by atoms with Crippen molar-refractivity contribution in [2.75, 3.05) is 5.75 Å². The number of nitrogens with zero attached hydrogens (tertiary/aromatic N) is 1. The Balaban J connectivity index is 2.20. The molecule has 2 aromatic carbocycles. The van der Waals surface area contributed by atoms with Gasteiger partial charge < -0.3 is 10.2 Å². The van der Waals surface area contributed by atoms with E-state index in [-0.39, 0.29) is 17.9 Å². The second-order valence-electron chi connectivity index (χ2n) is 7.70. The Bertz CT molecular complexity index is 818. The topological polar surface area (TPSA) is 49.4 Å². The van der Waals surface area contributed by atoms with Gasteiger partial charge in [0, 0.05) is 17.5 Å². The van der Waals surface area contributed by atoms with Gasteiger partial charge in [-0.15, -0.1) is 11.8 Å². The molecular formula is C24H32N2O2S. The standard InChI is InChI=1S/C24H32N2O2S/c1-6-22(24(28)25-17(2)3)26(15-20-9-7-8-19(5)14-20)23(27)16-29-21-12-10-18(4)11-13-21/h7-14,17,22H,6,15-16H2,1-5H3,(H,25,28)/t22-/m0/s1. The van der Waals surface area contributed by atoms with Crippen molar-refractivity contribution < 1.29 is 9.59 Å². The summed E-state index contributed by atoms with van der Waals surface area (Å²) in [4.78, 5) is 28.8. The fourth-order valence-electron chi connectivity index (χ4n) is 3.17. The van der Waals surface area contributed by atoms with Crippen molar-refractivity contribution >= 4 is 23.6 Å². The monoisotopic (exact) mass is 412 g/mol. The van der Waals surface area contributed by atoms with Crippen LogP contribution in [0.4, 0.5) is 0 Å². The molecule has 156 valence electrons. The Hall–Kier alpha value is -2.27. The molecule has 2 aromatic rings. The molecule has 0 aliphatic rings. The van der Waals surface area contributed by atoms with Gasteiger partial charge in [0.1, 0.15) is 6.04 Å². The molecule has 2 amide bonds. The van der Waals surface area contributed by atoms with Crippen LogP contribution in [-0.4, -0.2) is 34.6 Å². The van der Waals surface area contributed by atoms with Gasteiger partial charge in [-0.05, 0) is 51.8 Å². The zero-order valence-corrected chi connectivity index (χ0v) is 18.9. The number of rotatable bonds is 9. The molecule has 0 heterocycles. The minimum absolute atomic E-state index is 0.0252. The molecule has 5 heteroatoms. The van der Waals surface area contributed by atoms with Crippen LogP contribution in [0.1, 0.15) is 43.9 Å². The molecule has 0 aliphatic carbocycles. The minimum Gasteiger partial charge on any atom is -0.352 e. The number of amides is 2. The Morgan fingerprint density at radius 3 is 2.31 bits per heavy atom. The zero-order chi connectivity index (χ0) is 21.4. The molecule has 0 saturated carbocycles. The summed E-state index contributed by atoms with van der Waals surface area (Å²) in [5, 5.41) is 2.97. The first-order chi connectivity index (χ1) is 13.8. The van der Waals surface area contributed by atoms with Crippen molar-refractivity contribution in [1.29, 1.82) is 0 Å². The largest absolute Gasteiger partial charge is 0.352 e. The second-order valence-corrected chi connectivity index (χ2v) is 8.75. The first kappa shape index (κ1) is 23.0. The number of carbonyl (C=O) groups is 2. The van der Waals surface area contributed by atoms with Gasteiger partial charge >= 0.3 is 0 Å². The molecule has 0 spiro atoms. The number of nitrogens with one attached hydrogen (secondary N) is 1. The number of hydrogen-bond acceptors (Lipinski definition) is 3. The van der Waals surface area contributed by atoms with Gasteiger partial charge in [0.05, 0.1) is 5.75 Å². The molecule has 0 saturated heterocycles. The smallest absolute Gasteiger partial charge is 0.243 e. The summed E-state index contributed by atoms with van der Waals surface area (Å²) in [6.45, 7) is 10.3. The summed E-state index contributed by atoms with van der Waals surface area (Å²) in [5.74, 6) is 0.187. The summed E-state index contributed by atoms with van der Waals surface area (Å²) in [6.07, 6.45) is 0.575. The number of hydrogen-bond donors (Lipinski definition) is 1. The fraction of sp³-hybridized carbons (Fsp3) is 0.417. The van der Waals surface area contributed by atoms with Gasteiger partial charge in [0.2, 0.25) is 11.8 Å². The Morgan fingerprint density at radius 2 is 1.72 bits per heavy atom. The highest BCUT2D eigenvalue weighted by Crippen LogP contribution is 2.21. The predicted octanol–water partition coefficient (Wildman–Crippen LogP) is 4.73. The van der Waals surface area contributed by atoms with Crippen molar-refractivity contribution in [2.45, 2.75) is 64.6 Å². The molecule has 0 radical (unpaired) electrons. The van der Waals surface area contributed by atoms with E-state index in [0.29, 0.717) is 18.7 Å². The van der Waals surface area contributed by atoms with Crippen LogP contribution in [0.2, 0.25) is 0 Å². The quantitative estimate of drug-likeness (QED) is 0.606. The number of thioether (sulfide) groups is 1. The van der Waals surface area contributed by atoms with E-state index in [1.54, 1.807) is 4.90 Å². The van der Waals surface area contributed by atoms with Crippen molar-refractivity contribution in [1.82, 2.24) is 10.2 Å². The summed E-state index contributed by atoms with van der Waals surface area (Å²) in [7, 11) is 0. The lowest BCUT2D eigenvalue weighted by atomic mass is 10.1. The Kier molecular flexibility index (Phi) is 8.77. The molecule has 0 bridgehead atoms. The van der Waals surface area contributed by atoms with E-state index in [4.69, 9.17) is 0 Å². The van der Waals surface area contributed by atoms with Crippen LogP contribution in [0.3, 0.4) is 0 Å². The van der Waals surface area contributed by atoms with E-state index >= 15 is 0 Å². The lowest BCUT2D eigenvalue weighted by Gasteiger charge is -2.31. The van der Waals surface area contributed by atoms with Crippen LogP contribution in [0.5, 0.6) is 0 Å². The fourth-order valence-corrected chi connectivity index (χ4v) is 3.95. The minimum atomic E-state index is -0.482. The van der Waals surface area contributed by atoms with E-state index in [2.05, 4.69) is 11.4 Å². The normalized spacial score (nSPS) is 11.9. The third kappa shape index (κ3) is 7.24. The third-order valence-corrected chi connectivity index (χ3v) is 5.63. The highest BCUT2D eigenvalue weighted by atomic mass is 32.2. The van der Waals surface area contributed by atoms with Crippen molar-refractivity contribution in [3.63, 3.8) is 0 Å². The van der Waals surface area contributed by atoms with Gasteiger partial charge in [-0.1, -0.05) is 54.4 Å². The SMILES string of the molecule is CC[C@@H](C(=O)NC(C)C)N(Cc1cccc(C)c1)C(=O)CSc1ccc(C)cc1. The zero-order valence-electron chi connectivity index (χ0n) is 18.1. The van der Waals surface area contributed by atoms with Crippen LogP contribution in [-0.2, 0) is 16.1 Å². The maximum Gasteiger partial charge on any atom is 0.243 e. The predicted molar refractivity (Wildman–Crippen MR) is 121 cm³/mol. The lowest BCUT2D eigenvalue weighted by Crippen LogP contribution is -2.50. The van der Waals surface area contributed by atoms with Gasteiger partial charge in [-0.2, -0.15) is 0 Å². The van der Waals surface area contributed by atoms with Crippen molar-refractivity contribution in [2.24, 2.45) is 0 Å². The number of benzene rings is 2. The van der Waals surface area contributed by atoms with E-state index < -0.39 is 6.04 Å². The van der Waals surface area contributed by atoms with Crippen molar-refractivity contribution in [3.8, 4) is 0 Å². The molecule has 0 fully saturated rings. The summed E-state index contributed by atoms with van der Waals surface area (Å²) in [6, 6.07) is 15.8. The maximum atomic E-state index is 13.2. The van der Waals surface area contributed by atoms with Crippen LogP contribution < -0.4 is 5.32 Å². The van der Waals surface area contributed by atoms with Crippen LogP contribution in [0.25, 0.3) is 0 Å². The van der Waals surface area contributed by atoms with Gasteiger partial charge in [-0.25, -0.2) is 0 Å². The number of aryl methyl sites for hydroxylation is 2. The molecule has 29 heavy (non-hydrogen) atoms. The highest BCUT2D eigenvalue weighted by molar-refractivity contribution is 8.00. The molecule has 1 N–H and O–H groups in total. The second kappa shape index (κ2) is 11.1. The molecule has 0 aromatic heterocycles. The summed E-state index contributed by atoms with van der Waals surface area (Å²) >= 11 is 1.51. The lowest BCUT2D eigenvalue weighted by molar-refractivity contribution is -0.139. The van der Waals surface area contributed by atoms with Crippen LogP contribution >= 0.6 is 11.8 Å². The van der Waals surface area contributed by atoms with Crippen molar-refractivity contribution in [3.05, 3.63) is 65.2 Å². The highest BCUT2D eigenvalue weighted by Gasteiger charge is 2.28. The number of carbonyl (C=O) groups excluding carboxylic acids is 2. The average molecular weight is 413 g/mol. The van der Waals surface area contributed by atoms with Gasteiger partial charge in [0.15, 0.2) is 0 Å². The van der Waals surface area contributed by atoms with Crippen LogP contribution in [0, 0.1) is 13.8 Å². The van der Waals surface area contributed by atoms with E-state index in [1.807, 2.05) is 77.1 Å². The molecule has 0 unspecified atom stereocenters. The molecule has 4 nitrogen and oxygen atoms in total. The Labute approximate surface area is 179 Å². The summed E-state index contributed by atoms with van der Waals surface area (Å²) in [5.41, 5.74) is 3.37. The molecule has 1 atom stereocenters. The Morgan fingerprint density at radius 1 is 1.03 bits per heavy atom. The third-order valence-electron chi connectivity index (χ3n) is 4.64. The first-order valence-corrected chi connectivity index (χ1v) is 11.1. The van der Waals surface area contributed by atoms with E-state index in [1.165, 1.54) is 17.3 Å². The van der Waals surface area contributed by atoms with E-state index in [9.17, 15) is 9.59 Å². The summed E-state index contributed by atoms with van der Waals surface area (Å²) < 4.78 is 0.